The zero-order valence-corrected chi connectivity index (χ0v) is 24.1. The van der Waals surface area contributed by atoms with Crippen LogP contribution in [0.3, 0.4) is 0 Å². The first-order valence-corrected chi connectivity index (χ1v) is 13.5. The molecule has 0 unspecified atom stereocenters. The summed E-state index contributed by atoms with van der Waals surface area (Å²) in [6, 6.07) is 13.4. The lowest BCUT2D eigenvalue weighted by Gasteiger charge is -2.27. The lowest BCUT2D eigenvalue weighted by Crippen LogP contribution is -2.41. The highest BCUT2D eigenvalue weighted by atomic mass is 35.5. The first kappa shape index (κ1) is 29.7. The summed E-state index contributed by atoms with van der Waals surface area (Å²) in [6.07, 6.45) is 0. The van der Waals surface area contributed by atoms with Crippen LogP contribution in [0.4, 0.5) is 5.69 Å². The van der Waals surface area contributed by atoms with Crippen molar-refractivity contribution in [1.29, 1.82) is 0 Å². The second-order valence-electron chi connectivity index (χ2n) is 8.25. The number of carbonyl (C=O) groups is 1. The van der Waals surface area contributed by atoms with Gasteiger partial charge in [0.25, 0.3) is 10.0 Å². The van der Waals surface area contributed by atoms with Gasteiger partial charge in [-0.3, -0.25) is 9.10 Å². The van der Waals surface area contributed by atoms with Crippen molar-refractivity contribution in [2.24, 2.45) is 0 Å². The number of benzene rings is 3. The topological polar surface area (TPSA) is 113 Å². The van der Waals surface area contributed by atoms with E-state index in [2.05, 4.69) is 5.32 Å². The molecule has 0 heterocycles. The van der Waals surface area contributed by atoms with Crippen molar-refractivity contribution in [3.63, 3.8) is 0 Å². The lowest BCUT2D eigenvalue weighted by molar-refractivity contribution is -0.120. The van der Waals surface area contributed by atoms with Gasteiger partial charge < -0.3 is 29.0 Å². The minimum absolute atomic E-state index is 0.0914. The molecule has 0 aliphatic rings. The van der Waals surface area contributed by atoms with Crippen LogP contribution < -0.4 is 33.3 Å². The van der Waals surface area contributed by atoms with Gasteiger partial charge >= 0.3 is 0 Å². The van der Waals surface area contributed by atoms with Gasteiger partial charge in [-0.1, -0.05) is 17.7 Å². The molecule has 1 amide bonds. The molecule has 0 bridgehead atoms. The van der Waals surface area contributed by atoms with Gasteiger partial charge in [-0.2, -0.15) is 0 Å². The summed E-state index contributed by atoms with van der Waals surface area (Å²) < 4.78 is 55.4. The number of amides is 1. The monoisotopic (exact) mass is 578 g/mol. The lowest BCUT2D eigenvalue weighted by atomic mass is 10.1. The van der Waals surface area contributed by atoms with Crippen molar-refractivity contribution < 1.29 is 36.9 Å². The summed E-state index contributed by atoms with van der Waals surface area (Å²) in [5.74, 6) is 1.25. The molecule has 0 aromatic heterocycles. The van der Waals surface area contributed by atoms with E-state index in [9.17, 15) is 13.2 Å². The molecule has 3 aromatic carbocycles. The van der Waals surface area contributed by atoms with E-state index in [0.29, 0.717) is 17.2 Å². The molecular formula is C27H31ClN2O8S. The maximum atomic E-state index is 13.9. The van der Waals surface area contributed by atoms with Crippen LogP contribution in [-0.4, -0.2) is 56.4 Å². The molecule has 0 spiro atoms. The van der Waals surface area contributed by atoms with Crippen LogP contribution in [0.5, 0.6) is 28.7 Å². The maximum absolute atomic E-state index is 13.9. The third kappa shape index (κ3) is 6.61. The van der Waals surface area contributed by atoms with Crippen molar-refractivity contribution in [3.8, 4) is 28.7 Å². The molecule has 10 nitrogen and oxygen atoms in total. The van der Waals surface area contributed by atoms with Crippen LogP contribution in [0.2, 0.25) is 5.02 Å². The molecule has 39 heavy (non-hydrogen) atoms. The van der Waals surface area contributed by atoms with Crippen molar-refractivity contribution in [2.45, 2.75) is 17.9 Å². The fourth-order valence-corrected chi connectivity index (χ4v) is 5.49. The van der Waals surface area contributed by atoms with Crippen molar-refractivity contribution in [3.05, 3.63) is 65.2 Å². The molecule has 0 aliphatic carbocycles. The quantitative estimate of drug-likeness (QED) is 0.335. The van der Waals surface area contributed by atoms with Crippen LogP contribution in [0, 0.1) is 0 Å². The molecule has 0 fully saturated rings. The highest BCUT2D eigenvalue weighted by Gasteiger charge is 2.31. The molecule has 1 atom stereocenters. The van der Waals surface area contributed by atoms with Crippen LogP contribution >= 0.6 is 11.6 Å². The molecule has 3 aromatic rings. The van der Waals surface area contributed by atoms with Crippen LogP contribution in [0.15, 0.2) is 59.5 Å². The van der Waals surface area contributed by atoms with Crippen molar-refractivity contribution in [1.82, 2.24) is 5.32 Å². The van der Waals surface area contributed by atoms with Gasteiger partial charge in [0.2, 0.25) is 5.91 Å². The molecule has 3 rings (SSSR count). The molecule has 0 saturated carbocycles. The van der Waals surface area contributed by atoms with Gasteiger partial charge in [-0.25, -0.2) is 8.42 Å². The van der Waals surface area contributed by atoms with E-state index in [1.165, 1.54) is 65.9 Å². The number of nitrogens with zero attached hydrogens (tertiary/aromatic N) is 1. The Morgan fingerprint density at radius 1 is 0.795 bits per heavy atom. The average Bonchev–Trinajstić information content (AvgIpc) is 2.94. The first-order valence-electron chi connectivity index (χ1n) is 11.7. The summed E-state index contributed by atoms with van der Waals surface area (Å²) in [4.78, 5) is 13.2. The Morgan fingerprint density at radius 2 is 1.33 bits per heavy atom. The number of anilines is 1. The number of hydrogen-bond acceptors (Lipinski definition) is 8. The van der Waals surface area contributed by atoms with E-state index >= 15 is 0 Å². The van der Waals surface area contributed by atoms with E-state index in [1.54, 1.807) is 31.2 Å². The Bertz CT molecular complexity index is 1430. The van der Waals surface area contributed by atoms with Gasteiger partial charge in [0.15, 0.2) is 23.0 Å². The standard InChI is InChI=1S/C27H31ClN2O8S/c1-17(18-7-10-23(35-3)25(13-18)37-5)29-27(31)16-30(21-14-19(28)8-11-22(21)34-2)39(32,33)20-9-12-24(36-4)26(15-20)38-6/h7-15,17H,16H2,1-6H3,(H,29,31)/t17-/m0/s1. The number of methoxy groups -OCH3 is 5. The smallest absolute Gasteiger partial charge is 0.265 e. The van der Waals surface area contributed by atoms with E-state index in [1.807, 2.05) is 0 Å². The minimum atomic E-state index is -4.31. The number of nitrogens with one attached hydrogen (secondary N) is 1. The third-order valence-corrected chi connectivity index (χ3v) is 7.92. The van der Waals surface area contributed by atoms with E-state index in [0.717, 1.165) is 9.87 Å². The van der Waals surface area contributed by atoms with Crippen molar-refractivity contribution >= 4 is 33.2 Å². The molecule has 0 radical (unpaired) electrons. The predicted octanol–water partition coefficient (Wildman–Crippen LogP) is 4.46. The number of rotatable bonds is 12. The minimum Gasteiger partial charge on any atom is -0.495 e. The Labute approximate surface area is 233 Å². The fraction of sp³-hybridized carbons (Fsp3) is 0.296. The number of hydrogen-bond donors (Lipinski definition) is 1. The maximum Gasteiger partial charge on any atom is 0.265 e. The molecule has 0 saturated heterocycles. The largest absolute Gasteiger partial charge is 0.495 e. The van der Waals surface area contributed by atoms with Gasteiger partial charge in [0, 0.05) is 11.1 Å². The molecule has 1 N–H and O–H groups in total. The van der Waals surface area contributed by atoms with E-state index in [4.69, 9.17) is 35.3 Å². The van der Waals surface area contributed by atoms with Crippen LogP contribution in [0.1, 0.15) is 18.5 Å². The fourth-order valence-electron chi connectivity index (χ4n) is 3.88. The SMILES string of the molecule is COc1ccc([C@H](C)NC(=O)CN(c2cc(Cl)ccc2OC)S(=O)(=O)c2ccc(OC)c(OC)c2)cc1OC. The average molecular weight is 579 g/mol. The summed E-state index contributed by atoms with van der Waals surface area (Å²) in [5.41, 5.74) is 0.823. The van der Waals surface area contributed by atoms with Gasteiger partial charge in [0.1, 0.15) is 12.3 Å². The Hall–Kier alpha value is -3.83. The third-order valence-electron chi connectivity index (χ3n) is 5.92. The summed E-state index contributed by atoms with van der Waals surface area (Å²) in [7, 11) is 2.96. The Kier molecular flexibility index (Phi) is 9.76. The van der Waals surface area contributed by atoms with Gasteiger partial charge in [0.05, 0.1) is 52.2 Å². The molecular weight excluding hydrogens is 548 g/mol. The number of ether oxygens (including phenoxy) is 5. The normalized spacial score (nSPS) is 11.8. The second kappa shape index (κ2) is 12.8. The Morgan fingerprint density at radius 3 is 1.92 bits per heavy atom. The number of sulfonamides is 1. The van der Waals surface area contributed by atoms with Crippen LogP contribution in [0.25, 0.3) is 0 Å². The summed E-state index contributed by atoms with van der Waals surface area (Å²) in [6.45, 7) is 1.21. The number of halogens is 1. The summed E-state index contributed by atoms with van der Waals surface area (Å²) >= 11 is 6.22. The van der Waals surface area contributed by atoms with Crippen molar-refractivity contribution in [2.75, 3.05) is 46.4 Å². The predicted molar refractivity (Wildman–Crippen MR) is 148 cm³/mol. The summed E-state index contributed by atoms with van der Waals surface area (Å²) in [5, 5.41) is 3.10. The Balaban J connectivity index is 2.00. The number of carbonyl (C=O) groups excluding carboxylic acids is 1. The van der Waals surface area contributed by atoms with E-state index < -0.39 is 28.5 Å². The van der Waals surface area contributed by atoms with Gasteiger partial charge in [-0.05, 0) is 55.0 Å². The second-order valence-corrected chi connectivity index (χ2v) is 10.5. The van der Waals surface area contributed by atoms with Crippen LogP contribution in [-0.2, 0) is 14.8 Å². The molecule has 210 valence electrons. The molecule has 0 aliphatic heterocycles. The van der Waals surface area contributed by atoms with Gasteiger partial charge in [-0.15, -0.1) is 0 Å². The zero-order chi connectivity index (χ0) is 28.7. The van der Waals surface area contributed by atoms with E-state index in [-0.39, 0.29) is 27.1 Å². The molecule has 12 heteroatoms. The highest BCUT2D eigenvalue weighted by molar-refractivity contribution is 7.92. The zero-order valence-electron chi connectivity index (χ0n) is 22.5. The first-order chi connectivity index (χ1) is 18.6. The highest BCUT2D eigenvalue weighted by Crippen LogP contribution is 2.37.